The molecule has 1 amide bonds. The molecule has 7 heteroatoms. The van der Waals surface area contributed by atoms with Crippen molar-refractivity contribution in [2.45, 2.75) is 31.2 Å². The van der Waals surface area contributed by atoms with Crippen molar-refractivity contribution in [3.8, 4) is 0 Å². The molecule has 0 bridgehead atoms. The molecule has 0 radical (unpaired) electrons. The van der Waals surface area contributed by atoms with Gasteiger partial charge in [-0.3, -0.25) is 4.79 Å². The maximum Gasteiger partial charge on any atom is 0.335 e. The molecular weight excluding hydrogens is 368 g/mol. The topological polar surface area (TPSA) is 75.6 Å². The number of carbonyl (C=O) groups is 2. The van der Waals surface area contributed by atoms with Crippen LogP contribution in [0.1, 0.15) is 40.7 Å². The normalized spacial score (nSPS) is 15.8. The third-order valence-corrected chi connectivity index (χ3v) is 5.04. The quantitative estimate of drug-likeness (QED) is 0.794. The molecule has 0 unspecified atom stereocenters. The highest BCUT2D eigenvalue weighted by atomic mass is 19.1. The van der Waals surface area contributed by atoms with Crippen LogP contribution in [0.15, 0.2) is 42.5 Å². The van der Waals surface area contributed by atoms with Gasteiger partial charge in [0.15, 0.2) is 0 Å². The fourth-order valence-electron chi connectivity index (χ4n) is 3.58. The summed E-state index contributed by atoms with van der Waals surface area (Å²) in [4.78, 5) is 23.9. The van der Waals surface area contributed by atoms with Gasteiger partial charge in [0.2, 0.25) is 5.91 Å². The van der Waals surface area contributed by atoms with Gasteiger partial charge in [-0.15, -0.1) is 0 Å². The molecule has 0 aromatic heterocycles. The van der Waals surface area contributed by atoms with Gasteiger partial charge >= 0.3 is 5.97 Å². The first-order valence-electron chi connectivity index (χ1n) is 9.07. The summed E-state index contributed by atoms with van der Waals surface area (Å²) >= 11 is 0. The molecule has 0 spiro atoms. The zero-order valence-corrected chi connectivity index (χ0v) is 15.2. The molecule has 1 aliphatic rings. The molecule has 1 aliphatic heterocycles. The Labute approximate surface area is 161 Å². The number of halogens is 2. The maximum absolute atomic E-state index is 14.4. The highest BCUT2D eigenvalue weighted by Gasteiger charge is 2.38. The smallest absolute Gasteiger partial charge is 0.335 e. The van der Waals surface area contributed by atoms with Crippen LogP contribution in [-0.2, 0) is 21.5 Å². The minimum Gasteiger partial charge on any atom is -0.478 e. The van der Waals surface area contributed by atoms with Crippen LogP contribution < -0.4 is 5.32 Å². The number of benzene rings is 2. The molecule has 0 aliphatic carbocycles. The van der Waals surface area contributed by atoms with Crippen LogP contribution in [-0.4, -0.2) is 30.2 Å². The Kier molecular flexibility index (Phi) is 6.04. The fourth-order valence-corrected chi connectivity index (χ4v) is 3.58. The molecule has 28 heavy (non-hydrogen) atoms. The van der Waals surface area contributed by atoms with Crippen molar-refractivity contribution in [3.05, 3.63) is 70.8 Å². The van der Waals surface area contributed by atoms with Gasteiger partial charge in [0, 0.05) is 31.3 Å². The summed E-state index contributed by atoms with van der Waals surface area (Å²) < 4.78 is 33.1. The van der Waals surface area contributed by atoms with E-state index < -0.39 is 23.1 Å². The fraction of sp³-hybridized carbons (Fsp3) is 0.333. The number of hydrogen-bond acceptors (Lipinski definition) is 3. The van der Waals surface area contributed by atoms with E-state index in [4.69, 9.17) is 4.74 Å². The van der Waals surface area contributed by atoms with E-state index in [0.29, 0.717) is 31.6 Å². The second-order valence-corrected chi connectivity index (χ2v) is 6.83. The van der Waals surface area contributed by atoms with Crippen molar-refractivity contribution in [3.63, 3.8) is 0 Å². The molecule has 2 N–H and O–H groups in total. The Morgan fingerprint density at radius 3 is 2.50 bits per heavy atom. The van der Waals surface area contributed by atoms with Gasteiger partial charge in [0.1, 0.15) is 11.6 Å². The average molecular weight is 389 g/mol. The van der Waals surface area contributed by atoms with Crippen molar-refractivity contribution in [1.29, 1.82) is 0 Å². The third-order valence-electron chi connectivity index (χ3n) is 5.04. The number of aryl methyl sites for hydroxylation is 1. The maximum atomic E-state index is 14.4. The second kappa shape index (κ2) is 8.48. The van der Waals surface area contributed by atoms with E-state index in [-0.39, 0.29) is 29.9 Å². The van der Waals surface area contributed by atoms with Crippen LogP contribution in [0.2, 0.25) is 0 Å². The van der Waals surface area contributed by atoms with Crippen LogP contribution in [0.3, 0.4) is 0 Å². The number of ether oxygens (including phenoxy) is 1. The summed E-state index contributed by atoms with van der Waals surface area (Å²) in [5, 5.41) is 12.1. The predicted molar refractivity (Wildman–Crippen MR) is 98.0 cm³/mol. The Morgan fingerprint density at radius 2 is 1.82 bits per heavy atom. The Morgan fingerprint density at radius 1 is 1.11 bits per heavy atom. The molecule has 3 rings (SSSR count). The van der Waals surface area contributed by atoms with Crippen molar-refractivity contribution in [2.75, 3.05) is 13.2 Å². The number of amides is 1. The summed E-state index contributed by atoms with van der Waals surface area (Å²) in [6.45, 7) is 0.692. The van der Waals surface area contributed by atoms with Crippen molar-refractivity contribution in [2.24, 2.45) is 0 Å². The molecular formula is C21H21F2NO4. The van der Waals surface area contributed by atoms with Crippen LogP contribution in [0, 0.1) is 11.6 Å². The third kappa shape index (κ3) is 4.36. The number of aromatic carboxylic acids is 1. The van der Waals surface area contributed by atoms with Crippen LogP contribution in [0.5, 0.6) is 0 Å². The van der Waals surface area contributed by atoms with Gasteiger partial charge in [0.05, 0.1) is 11.1 Å². The molecule has 2 aromatic carbocycles. The lowest BCUT2D eigenvalue weighted by Crippen LogP contribution is -2.50. The van der Waals surface area contributed by atoms with Crippen LogP contribution in [0.4, 0.5) is 8.78 Å². The van der Waals surface area contributed by atoms with E-state index in [1.54, 1.807) is 18.2 Å². The van der Waals surface area contributed by atoms with Gasteiger partial charge in [-0.1, -0.05) is 24.3 Å². The monoisotopic (exact) mass is 389 g/mol. The van der Waals surface area contributed by atoms with E-state index in [1.807, 2.05) is 0 Å². The van der Waals surface area contributed by atoms with Gasteiger partial charge in [-0.05, 0) is 37.0 Å². The Balaban J connectivity index is 1.77. The first-order chi connectivity index (χ1) is 13.4. The number of carboxylic acids is 1. The van der Waals surface area contributed by atoms with E-state index in [0.717, 1.165) is 6.07 Å². The molecule has 1 fully saturated rings. The first kappa shape index (κ1) is 19.9. The lowest BCUT2D eigenvalue weighted by molar-refractivity contribution is -0.124. The van der Waals surface area contributed by atoms with E-state index in [2.05, 4.69) is 5.32 Å². The molecule has 148 valence electrons. The predicted octanol–water partition coefficient (Wildman–Crippen LogP) is 3.42. The van der Waals surface area contributed by atoms with Gasteiger partial charge in [0.25, 0.3) is 0 Å². The zero-order chi connectivity index (χ0) is 20.1. The molecule has 1 saturated heterocycles. The Hall–Kier alpha value is -2.80. The Bertz CT molecular complexity index is 878. The van der Waals surface area contributed by atoms with Crippen LogP contribution >= 0.6 is 0 Å². The summed E-state index contributed by atoms with van der Waals surface area (Å²) in [5.41, 5.74) is -0.0318. The number of hydrogen-bond donors (Lipinski definition) is 2. The van der Waals surface area contributed by atoms with E-state index in [1.165, 1.54) is 18.2 Å². The lowest BCUT2D eigenvalue weighted by atomic mass is 9.82. The number of rotatable bonds is 6. The second-order valence-electron chi connectivity index (χ2n) is 6.83. The highest BCUT2D eigenvalue weighted by molar-refractivity contribution is 5.89. The molecule has 5 nitrogen and oxygen atoms in total. The summed E-state index contributed by atoms with van der Waals surface area (Å²) in [7, 11) is 0. The zero-order valence-electron chi connectivity index (χ0n) is 15.2. The van der Waals surface area contributed by atoms with Crippen molar-refractivity contribution < 1.29 is 28.2 Å². The highest BCUT2D eigenvalue weighted by Crippen LogP contribution is 2.34. The van der Waals surface area contributed by atoms with E-state index >= 15 is 0 Å². The van der Waals surface area contributed by atoms with Crippen LogP contribution in [0.25, 0.3) is 0 Å². The summed E-state index contributed by atoms with van der Waals surface area (Å²) in [5.74, 6) is -2.77. The van der Waals surface area contributed by atoms with Gasteiger partial charge in [-0.25, -0.2) is 13.6 Å². The van der Waals surface area contributed by atoms with Crippen molar-refractivity contribution >= 4 is 11.9 Å². The minimum absolute atomic E-state index is 0.0513. The summed E-state index contributed by atoms with van der Waals surface area (Å²) in [6, 6.07) is 9.83. The van der Waals surface area contributed by atoms with Gasteiger partial charge < -0.3 is 15.2 Å². The van der Waals surface area contributed by atoms with Gasteiger partial charge in [-0.2, -0.15) is 0 Å². The summed E-state index contributed by atoms with van der Waals surface area (Å²) in [6.07, 6.45) is 1.03. The standard InChI is InChI=1S/C21H21F2NO4/c22-15-6-7-17(18(23)13-15)21(9-11-28-12-10-21)24-19(25)8-5-14-3-1-2-4-16(14)20(26)27/h1-4,6-7,13H,5,8-12H2,(H,24,25)(H,26,27). The minimum atomic E-state index is -1.05. The molecule has 1 heterocycles. The molecule has 0 saturated carbocycles. The number of nitrogens with one attached hydrogen (secondary N) is 1. The lowest BCUT2D eigenvalue weighted by Gasteiger charge is -2.38. The van der Waals surface area contributed by atoms with Crippen molar-refractivity contribution in [1.82, 2.24) is 5.32 Å². The largest absolute Gasteiger partial charge is 0.478 e. The average Bonchev–Trinajstić information content (AvgIpc) is 2.67. The number of carboxylic acid groups (broad SMARTS) is 1. The molecule has 2 aromatic rings. The molecule has 0 atom stereocenters. The first-order valence-corrected chi connectivity index (χ1v) is 9.07. The number of carbonyl (C=O) groups excluding carboxylic acids is 1. The van der Waals surface area contributed by atoms with E-state index in [9.17, 15) is 23.5 Å². The SMILES string of the molecule is O=C(CCc1ccccc1C(=O)O)NC1(c2ccc(F)cc2F)CCOCC1.